The van der Waals surface area contributed by atoms with Gasteiger partial charge in [0.1, 0.15) is 5.82 Å². The van der Waals surface area contributed by atoms with Gasteiger partial charge in [0.15, 0.2) is 0 Å². The molecule has 1 unspecified atom stereocenters. The van der Waals surface area contributed by atoms with Crippen LogP contribution in [-0.2, 0) is 22.4 Å². The highest BCUT2D eigenvalue weighted by Gasteiger charge is 2.22. The zero-order chi connectivity index (χ0) is 26.2. The van der Waals surface area contributed by atoms with E-state index in [1.54, 1.807) is 0 Å². The van der Waals surface area contributed by atoms with Crippen molar-refractivity contribution in [2.45, 2.75) is 38.6 Å². The highest BCUT2D eigenvalue weighted by atomic mass is 35.5. The maximum atomic E-state index is 13.0. The summed E-state index contributed by atoms with van der Waals surface area (Å²) in [7, 11) is 0. The lowest BCUT2D eigenvalue weighted by Crippen LogP contribution is -2.34. The fourth-order valence-corrected chi connectivity index (χ4v) is 4.63. The molecule has 2 aromatic rings. The number of carbonyl (C=O) groups is 2. The van der Waals surface area contributed by atoms with Crippen LogP contribution in [0.4, 0.5) is 5.82 Å². The fourth-order valence-electron chi connectivity index (χ4n) is 4.09. The summed E-state index contributed by atoms with van der Waals surface area (Å²) < 4.78 is 0. The Balaban J connectivity index is 1.74. The Morgan fingerprint density at radius 3 is 2.61 bits per heavy atom. The Bertz CT molecular complexity index is 1170. The van der Waals surface area contributed by atoms with Crippen LogP contribution < -0.4 is 16.0 Å². The number of hydrogen-bond acceptors (Lipinski definition) is 7. The van der Waals surface area contributed by atoms with Gasteiger partial charge >= 0.3 is 5.97 Å². The molecule has 1 aliphatic heterocycles. The zero-order valence-corrected chi connectivity index (χ0v) is 21.3. The number of carboxylic acids is 1. The molecular weight excluding hydrogens is 505 g/mol. The molecule has 0 radical (unpaired) electrons. The minimum atomic E-state index is -1.14. The van der Waals surface area contributed by atoms with Crippen LogP contribution in [0.2, 0.25) is 10.0 Å². The van der Waals surface area contributed by atoms with Crippen LogP contribution in [0.3, 0.4) is 0 Å². The highest BCUT2D eigenvalue weighted by Crippen LogP contribution is 2.26. The second-order valence-electron chi connectivity index (χ2n) is 8.47. The van der Waals surface area contributed by atoms with Crippen LogP contribution in [0, 0.1) is 12.3 Å². The Morgan fingerprint density at radius 1 is 1.25 bits per heavy atom. The number of halogens is 2. The molecule has 0 aliphatic carbocycles. The van der Waals surface area contributed by atoms with Crippen molar-refractivity contribution in [1.29, 1.82) is 5.41 Å². The van der Waals surface area contributed by atoms with E-state index in [1.165, 1.54) is 23.8 Å². The average molecular weight is 534 g/mol. The number of aryl methyl sites for hydroxylation is 2. The molecule has 0 saturated carbocycles. The van der Waals surface area contributed by atoms with E-state index in [1.807, 2.05) is 6.92 Å². The first-order valence-corrected chi connectivity index (χ1v) is 12.3. The van der Waals surface area contributed by atoms with Crippen LogP contribution >= 0.6 is 23.2 Å². The number of amides is 1. The zero-order valence-electron chi connectivity index (χ0n) is 19.8. The second-order valence-corrected chi connectivity index (χ2v) is 9.34. The predicted octanol–water partition coefficient (Wildman–Crippen LogP) is 3.42. The number of aromatic nitrogens is 1. The van der Waals surface area contributed by atoms with Gasteiger partial charge < -0.3 is 31.6 Å². The molecule has 0 fully saturated rings. The minimum absolute atomic E-state index is 0.106. The number of aliphatic carboxylic acids is 1. The first-order chi connectivity index (χ1) is 17.2. The van der Waals surface area contributed by atoms with Gasteiger partial charge in [-0.25, -0.2) is 4.98 Å². The van der Waals surface area contributed by atoms with Crippen LogP contribution in [0.1, 0.15) is 41.3 Å². The molecule has 1 atom stereocenters. The van der Waals surface area contributed by atoms with E-state index in [2.05, 4.69) is 27.0 Å². The molecule has 192 valence electrons. The van der Waals surface area contributed by atoms with Crippen molar-refractivity contribution in [2.24, 2.45) is 0 Å². The van der Waals surface area contributed by atoms with Crippen molar-refractivity contribution >= 4 is 47.1 Å². The number of aliphatic hydroxyl groups excluding tert-OH is 1. The SMILES string of the molecule is Cc1nc2c(cc1CCN/C(CO)=C(\C=N)C(=O)NC(CC(=O)O)c1cc(Cl)cc(Cl)c1)CCCN2. The Hall–Kier alpha value is -3.14. The van der Waals surface area contributed by atoms with Crippen molar-refractivity contribution in [3.63, 3.8) is 0 Å². The standard InChI is InChI=1S/C25H29Cl2N5O4/c1-14-15(7-16-3-2-5-30-24(16)31-14)4-6-29-22(13-33)20(12-28)25(36)32-21(11-23(34)35)17-8-18(26)10-19(27)9-17/h7-10,12,21,28-29,33H,2-6,11,13H2,1H3,(H,30,31)(H,32,36)(H,34,35)/b22-20+,28-12?. The molecule has 2 heterocycles. The lowest BCUT2D eigenvalue weighted by molar-refractivity contribution is -0.137. The second kappa shape index (κ2) is 12.7. The number of nitrogens with zero attached hydrogens (tertiary/aromatic N) is 1. The molecule has 0 bridgehead atoms. The normalized spacial score (nSPS) is 14.1. The van der Waals surface area contributed by atoms with Crippen LogP contribution in [0.15, 0.2) is 35.5 Å². The molecule has 0 saturated heterocycles. The molecule has 1 aromatic heterocycles. The Kier molecular flexibility index (Phi) is 9.69. The molecule has 1 aliphatic rings. The number of benzene rings is 1. The van der Waals surface area contributed by atoms with Crippen molar-refractivity contribution in [2.75, 3.05) is 25.0 Å². The number of carboxylic acid groups (broad SMARTS) is 1. The van der Waals surface area contributed by atoms with E-state index in [9.17, 15) is 19.8 Å². The lowest BCUT2D eigenvalue weighted by Gasteiger charge is -2.20. The van der Waals surface area contributed by atoms with Gasteiger partial charge in [-0.15, -0.1) is 0 Å². The molecule has 36 heavy (non-hydrogen) atoms. The number of aliphatic hydroxyl groups is 1. The van der Waals surface area contributed by atoms with E-state index in [4.69, 9.17) is 28.6 Å². The predicted molar refractivity (Wildman–Crippen MR) is 140 cm³/mol. The number of hydrogen-bond donors (Lipinski definition) is 6. The summed E-state index contributed by atoms with van der Waals surface area (Å²) in [6, 6.07) is 5.72. The van der Waals surface area contributed by atoms with Crippen molar-refractivity contribution in [3.05, 3.63) is 68.0 Å². The lowest BCUT2D eigenvalue weighted by atomic mass is 10.0. The van der Waals surface area contributed by atoms with Gasteiger partial charge in [-0.3, -0.25) is 9.59 Å². The first kappa shape index (κ1) is 27.4. The van der Waals surface area contributed by atoms with Gasteiger partial charge in [0, 0.05) is 35.0 Å². The average Bonchev–Trinajstić information content (AvgIpc) is 2.82. The Morgan fingerprint density at radius 2 is 1.97 bits per heavy atom. The molecule has 9 nitrogen and oxygen atoms in total. The summed E-state index contributed by atoms with van der Waals surface area (Å²) in [5, 5.41) is 36.6. The molecule has 1 amide bonds. The van der Waals surface area contributed by atoms with Crippen LogP contribution in [0.5, 0.6) is 0 Å². The Labute approximate surface area is 219 Å². The summed E-state index contributed by atoms with van der Waals surface area (Å²) in [5.41, 5.74) is 3.60. The third kappa shape index (κ3) is 7.19. The first-order valence-electron chi connectivity index (χ1n) is 11.5. The van der Waals surface area contributed by atoms with E-state index in [0.29, 0.717) is 28.6 Å². The van der Waals surface area contributed by atoms with E-state index < -0.39 is 30.9 Å². The van der Waals surface area contributed by atoms with Gasteiger partial charge in [-0.05, 0) is 61.1 Å². The van der Waals surface area contributed by atoms with Gasteiger partial charge in [0.05, 0.1) is 30.3 Å². The van der Waals surface area contributed by atoms with Gasteiger partial charge in [-0.1, -0.05) is 29.3 Å². The smallest absolute Gasteiger partial charge is 0.305 e. The van der Waals surface area contributed by atoms with E-state index >= 15 is 0 Å². The van der Waals surface area contributed by atoms with Gasteiger partial charge in [0.25, 0.3) is 5.91 Å². The number of nitrogens with one attached hydrogen (secondary N) is 4. The quantitative estimate of drug-likeness (QED) is 0.191. The largest absolute Gasteiger partial charge is 0.481 e. The number of fused-ring (bicyclic) bond motifs is 1. The van der Waals surface area contributed by atoms with Crippen molar-refractivity contribution in [1.82, 2.24) is 15.6 Å². The topological polar surface area (TPSA) is 147 Å². The molecule has 11 heteroatoms. The molecular formula is C25H29Cl2N5O4. The minimum Gasteiger partial charge on any atom is -0.481 e. The molecule has 0 spiro atoms. The molecule has 1 aromatic carbocycles. The van der Waals surface area contributed by atoms with E-state index in [0.717, 1.165) is 42.7 Å². The molecule has 6 N–H and O–H groups in total. The van der Waals surface area contributed by atoms with Crippen molar-refractivity contribution < 1.29 is 19.8 Å². The summed E-state index contributed by atoms with van der Waals surface area (Å²) >= 11 is 12.1. The number of pyridine rings is 1. The summed E-state index contributed by atoms with van der Waals surface area (Å²) in [6.45, 7) is 2.75. The van der Waals surface area contributed by atoms with Gasteiger partial charge in [0.2, 0.25) is 0 Å². The van der Waals surface area contributed by atoms with Gasteiger partial charge in [-0.2, -0.15) is 0 Å². The highest BCUT2D eigenvalue weighted by molar-refractivity contribution is 6.34. The maximum absolute atomic E-state index is 13.0. The fraction of sp³-hybridized carbons (Fsp3) is 0.360. The monoisotopic (exact) mass is 533 g/mol. The number of rotatable bonds is 11. The van der Waals surface area contributed by atoms with Crippen LogP contribution in [0.25, 0.3) is 0 Å². The van der Waals surface area contributed by atoms with Crippen molar-refractivity contribution in [3.8, 4) is 0 Å². The summed E-state index contributed by atoms with van der Waals surface area (Å²) in [4.78, 5) is 29.1. The summed E-state index contributed by atoms with van der Waals surface area (Å²) in [6.07, 6.45) is 3.02. The number of carbonyl (C=O) groups excluding carboxylic acids is 1. The third-order valence-corrected chi connectivity index (χ3v) is 6.32. The maximum Gasteiger partial charge on any atom is 0.305 e. The van der Waals surface area contributed by atoms with E-state index in [-0.39, 0.29) is 11.3 Å². The molecule has 3 rings (SSSR count). The third-order valence-electron chi connectivity index (χ3n) is 5.89. The number of anilines is 1. The summed E-state index contributed by atoms with van der Waals surface area (Å²) in [5.74, 6) is -0.922. The van der Waals surface area contributed by atoms with Crippen LogP contribution in [-0.4, -0.2) is 53.0 Å².